The van der Waals surface area contributed by atoms with Gasteiger partial charge in [0.1, 0.15) is 6.61 Å². The van der Waals surface area contributed by atoms with Crippen molar-refractivity contribution in [3.63, 3.8) is 0 Å². The highest BCUT2D eigenvalue weighted by Gasteiger charge is 2.17. The second-order valence-electron chi connectivity index (χ2n) is 17.0. The number of ether oxygens (including phenoxy) is 3. The molecule has 0 aromatic carbocycles. The molecular formula is C61H98O5. The molecule has 0 saturated heterocycles. The Hall–Kier alpha value is -3.96. The molecule has 0 fully saturated rings. The molecule has 372 valence electrons. The number of allylic oxidation sites excluding steroid dienone is 22. The number of rotatable bonds is 47. The van der Waals surface area contributed by atoms with Crippen LogP contribution in [0.25, 0.3) is 0 Å². The van der Waals surface area contributed by atoms with Gasteiger partial charge in [-0.25, -0.2) is 0 Å². The molecule has 0 spiro atoms. The molecule has 1 atom stereocenters. The largest absolute Gasteiger partial charge is 0.462 e. The molecule has 0 heterocycles. The Bertz CT molecular complexity index is 1400. The predicted molar refractivity (Wildman–Crippen MR) is 288 cm³/mol. The third-order valence-electron chi connectivity index (χ3n) is 10.6. The van der Waals surface area contributed by atoms with Crippen LogP contribution >= 0.6 is 0 Å². The molecule has 0 radical (unpaired) electrons. The van der Waals surface area contributed by atoms with Crippen LogP contribution in [-0.2, 0) is 23.8 Å². The highest BCUT2D eigenvalue weighted by molar-refractivity contribution is 5.70. The summed E-state index contributed by atoms with van der Waals surface area (Å²) in [6, 6.07) is 0. The van der Waals surface area contributed by atoms with Gasteiger partial charge in [0.25, 0.3) is 0 Å². The van der Waals surface area contributed by atoms with Crippen LogP contribution in [-0.4, -0.2) is 37.9 Å². The maximum absolute atomic E-state index is 12.8. The molecule has 0 N–H and O–H groups in total. The fourth-order valence-corrected chi connectivity index (χ4v) is 6.74. The lowest BCUT2D eigenvalue weighted by molar-refractivity contribution is -0.163. The van der Waals surface area contributed by atoms with Gasteiger partial charge in [0.2, 0.25) is 0 Å². The van der Waals surface area contributed by atoms with Crippen molar-refractivity contribution in [2.75, 3.05) is 19.8 Å². The molecule has 0 bridgehead atoms. The Kier molecular flexibility index (Phi) is 52.0. The molecular weight excluding hydrogens is 813 g/mol. The zero-order chi connectivity index (χ0) is 47.7. The van der Waals surface area contributed by atoms with E-state index in [-0.39, 0.29) is 25.2 Å². The average molecular weight is 911 g/mol. The van der Waals surface area contributed by atoms with Crippen LogP contribution in [0.15, 0.2) is 134 Å². The Morgan fingerprint density at radius 3 is 1.09 bits per heavy atom. The second kappa shape index (κ2) is 55.4. The molecule has 5 heteroatoms. The van der Waals surface area contributed by atoms with Gasteiger partial charge in [-0.2, -0.15) is 0 Å². The van der Waals surface area contributed by atoms with Crippen LogP contribution in [0.1, 0.15) is 213 Å². The van der Waals surface area contributed by atoms with Gasteiger partial charge < -0.3 is 14.2 Å². The first-order valence-corrected chi connectivity index (χ1v) is 26.7. The van der Waals surface area contributed by atoms with Crippen molar-refractivity contribution in [2.45, 2.75) is 219 Å². The van der Waals surface area contributed by atoms with Gasteiger partial charge in [-0.1, -0.05) is 206 Å². The van der Waals surface area contributed by atoms with Crippen LogP contribution < -0.4 is 0 Å². The third-order valence-corrected chi connectivity index (χ3v) is 10.6. The highest BCUT2D eigenvalue weighted by atomic mass is 16.6. The summed E-state index contributed by atoms with van der Waals surface area (Å²) in [6.07, 6.45) is 78.9. The molecule has 0 rings (SSSR count). The van der Waals surface area contributed by atoms with E-state index in [0.29, 0.717) is 19.4 Å². The van der Waals surface area contributed by atoms with Gasteiger partial charge in [0.05, 0.1) is 6.61 Å². The Balaban J connectivity index is 4.41. The van der Waals surface area contributed by atoms with E-state index in [0.717, 1.165) is 141 Å². The zero-order valence-corrected chi connectivity index (χ0v) is 42.7. The van der Waals surface area contributed by atoms with E-state index >= 15 is 0 Å². The fraction of sp³-hybridized carbons (Fsp3) is 0.607. The van der Waals surface area contributed by atoms with Gasteiger partial charge in [0.15, 0.2) is 6.10 Å². The molecule has 5 nitrogen and oxygen atoms in total. The summed E-state index contributed by atoms with van der Waals surface area (Å²) in [5, 5.41) is 0. The average Bonchev–Trinajstić information content (AvgIpc) is 3.32. The molecule has 0 aromatic rings. The van der Waals surface area contributed by atoms with Gasteiger partial charge in [-0.15, -0.1) is 0 Å². The summed E-state index contributed by atoms with van der Waals surface area (Å²) in [6.45, 7) is 7.39. The normalized spacial score (nSPS) is 13.3. The van der Waals surface area contributed by atoms with Crippen LogP contribution in [0, 0.1) is 0 Å². The maximum Gasteiger partial charge on any atom is 0.306 e. The molecule has 0 aliphatic rings. The fourth-order valence-electron chi connectivity index (χ4n) is 6.74. The van der Waals surface area contributed by atoms with Crippen molar-refractivity contribution >= 4 is 11.9 Å². The second-order valence-corrected chi connectivity index (χ2v) is 17.0. The van der Waals surface area contributed by atoms with Gasteiger partial charge in [-0.05, 0) is 128 Å². The van der Waals surface area contributed by atoms with Crippen LogP contribution in [0.5, 0.6) is 0 Å². The standard InChI is InChI=1S/C61H98O5/c1-4-7-10-13-16-19-22-25-27-29-31-32-34-37-39-42-45-48-51-54-60(62)65-58-59(66-61(63)55-52-49-46-43-40-36-24-21-18-15-12-9-6-3)57-64-56-53-50-47-44-41-38-35-33-30-28-26-23-20-17-14-11-8-5-2/h7-8,10-12,15-17,19-21,24-28,31-33,35,41,44,59H,4-6,9,13-14,18,22-23,29-30,34,36-40,42-43,45-58H2,1-3H3/b10-7-,11-8-,15-12-,19-16-,20-17-,24-21-,27-25-,28-26-,32-31-,35-33-,44-41-. The van der Waals surface area contributed by atoms with Crippen molar-refractivity contribution in [1.29, 1.82) is 0 Å². The third kappa shape index (κ3) is 52.7. The van der Waals surface area contributed by atoms with Crippen LogP contribution in [0.2, 0.25) is 0 Å². The van der Waals surface area contributed by atoms with E-state index in [9.17, 15) is 9.59 Å². The first kappa shape index (κ1) is 62.0. The first-order valence-electron chi connectivity index (χ1n) is 26.7. The van der Waals surface area contributed by atoms with E-state index in [1.165, 1.54) is 38.5 Å². The summed E-state index contributed by atoms with van der Waals surface area (Å²) in [5.41, 5.74) is 0. The van der Waals surface area contributed by atoms with E-state index < -0.39 is 6.10 Å². The summed E-state index contributed by atoms with van der Waals surface area (Å²) in [4.78, 5) is 25.4. The van der Waals surface area contributed by atoms with Gasteiger partial charge in [0, 0.05) is 19.4 Å². The minimum absolute atomic E-state index is 0.0455. The number of hydrogen-bond acceptors (Lipinski definition) is 5. The molecule has 0 aliphatic heterocycles. The predicted octanol–water partition coefficient (Wildman–Crippen LogP) is 18.3. The molecule has 66 heavy (non-hydrogen) atoms. The van der Waals surface area contributed by atoms with Gasteiger partial charge in [-0.3, -0.25) is 9.59 Å². The highest BCUT2D eigenvalue weighted by Crippen LogP contribution is 2.12. The van der Waals surface area contributed by atoms with E-state index in [1.807, 2.05) is 0 Å². The lowest BCUT2D eigenvalue weighted by Gasteiger charge is -2.18. The summed E-state index contributed by atoms with van der Waals surface area (Å²) >= 11 is 0. The summed E-state index contributed by atoms with van der Waals surface area (Å²) in [7, 11) is 0. The number of carbonyl (C=O) groups excluding carboxylic acids is 2. The number of hydrogen-bond donors (Lipinski definition) is 0. The topological polar surface area (TPSA) is 61.8 Å². The maximum atomic E-state index is 12.8. The molecule has 0 aliphatic carbocycles. The molecule has 0 aromatic heterocycles. The SMILES string of the molecule is CC/C=C\C/C=C\C/C=C\C/C=C\C/C=C\CCCCOCC(COC(=O)CCCCCCCC/C=C\C/C=C\C/C=C\C/C=C\CC)OC(=O)CCCCCCC/C=C\C/C=C\CCC. The lowest BCUT2D eigenvalue weighted by atomic mass is 10.1. The Morgan fingerprint density at radius 1 is 0.348 bits per heavy atom. The molecule has 1 unspecified atom stereocenters. The number of esters is 2. The summed E-state index contributed by atoms with van der Waals surface area (Å²) in [5.74, 6) is -0.464. The van der Waals surface area contributed by atoms with Crippen molar-refractivity contribution in [2.24, 2.45) is 0 Å². The smallest absolute Gasteiger partial charge is 0.306 e. The van der Waals surface area contributed by atoms with Crippen molar-refractivity contribution in [3.8, 4) is 0 Å². The van der Waals surface area contributed by atoms with E-state index in [2.05, 4.69) is 154 Å². The number of carbonyl (C=O) groups is 2. The summed E-state index contributed by atoms with van der Waals surface area (Å²) < 4.78 is 17.4. The van der Waals surface area contributed by atoms with Crippen molar-refractivity contribution < 1.29 is 23.8 Å². The van der Waals surface area contributed by atoms with E-state index in [4.69, 9.17) is 14.2 Å². The first-order chi connectivity index (χ1) is 32.6. The van der Waals surface area contributed by atoms with Crippen molar-refractivity contribution in [3.05, 3.63) is 134 Å². The Morgan fingerprint density at radius 2 is 0.682 bits per heavy atom. The monoisotopic (exact) mass is 911 g/mol. The quantitative estimate of drug-likeness (QED) is 0.0346. The minimum atomic E-state index is -0.582. The molecule has 0 amide bonds. The zero-order valence-electron chi connectivity index (χ0n) is 42.7. The van der Waals surface area contributed by atoms with Crippen LogP contribution in [0.4, 0.5) is 0 Å². The molecule has 0 saturated carbocycles. The lowest BCUT2D eigenvalue weighted by Crippen LogP contribution is -2.30. The van der Waals surface area contributed by atoms with E-state index in [1.54, 1.807) is 0 Å². The van der Waals surface area contributed by atoms with Crippen LogP contribution in [0.3, 0.4) is 0 Å². The van der Waals surface area contributed by atoms with Gasteiger partial charge >= 0.3 is 11.9 Å². The number of unbranched alkanes of at least 4 members (excludes halogenated alkanes) is 14. The minimum Gasteiger partial charge on any atom is -0.462 e. The Labute approximate surface area is 407 Å². The van der Waals surface area contributed by atoms with Crippen molar-refractivity contribution in [1.82, 2.24) is 0 Å².